The summed E-state index contributed by atoms with van der Waals surface area (Å²) >= 11 is 3.38. The Balaban J connectivity index is 2.07. The summed E-state index contributed by atoms with van der Waals surface area (Å²) in [5, 5.41) is 3.28. The predicted octanol–water partition coefficient (Wildman–Crippen LogP) is 2.66. The Morgan fingerprint density at radius 2 is 2.12 bits per heavy atom. The summed E-state index contributed by atoms with van der Waals surface area (Å²) in [6, 6.07) is 7.39. The molecule has 0 bridgehead atoms. The molecule has 17 heavy (non-hydrogen) atoms. The largest absolute Gasteiger partial charge is 0.468 e. The van der Waals surface area contributed by atoms with Gasteiger partial charge < -0.3 is 10.1 Å². The first-order chi connectivity index (χ1) is 8.20. The molecule has 1 aliphatic carbocycles. The third-order valence-corrected chi connectivity index (χ3v) is 3.48. The van der Waals surface area contributed by atoms with Crippen LogP contribution in [0, 0.1) is 5.92 Å². The summed E-state index contributed by atoms with van der Waals surface area (Å²) in [4.78, 5) is 11.7. The molecule has 4 heteroatoms. The number of hydrogen-bond acceptors (Lipinski definition) is 3. The number of carbonyl (C=O) groups is 1. The van der Waals surface area contributed by atoms with Gasteiger partial charge in [-0.15, -0.1) is 0 Å². The van der Waals surface area contributed by atoms with Crippen LogP contribution in [0.2, 0.25) is 0 Å². The molecule has 1 aromatic rings. The lowest BCUT2D eigenvalue weighted by atomic mass is 10.1. The van der Waals surface area contributed by atoms with Crippen molar-refractivity contribution in [1.29, 1.82) is 0 Å². The smallest absolute Gasteiger partial charge is 0.327 e. The Bertz CT molecular complexity index is 387. The van der Waals surface area contributed by atoms with Gasteiger partial charge in [-0.25, -0.2) is 4.79 Å². The third kappa shape index (κ3) is 3.54. The van der Waals surface area contributed by atoms with E-state index in [9.17, 15) is 4.79 Å². The van der Waals surface area contributed by atoms with E-state index >= 15 is 0 Å². The maximum atomic E-state index is 11.7. The quantitative estimate of drug-likeness (QED) is 0.849. The van der Waals surface area contributed by atoms with Gasteiger partial charge in [-0.1, -0.05) is 28.1 Å². The fourth-order valence-electron chi connectivity index (χ4n) is 1.72. The first-order valence-corrected chi connectivity index (χ1v) is 6.56. The van der Waals surface area contributed by atoms with E-state index in [4.69, 9.17) is 4.74 Å². The number of methoxy groups -OCH3 is 1. The maximum absolute atomic E-state index is 11.7. The van der Waals surface area contributed by atoms with E-state index in [0.29, 0.717) is 0 Å². The molecule has 1 N–H and O–H groups in total. The highest BCUT2D eigenvalue weighted by molar-refractivity contribution is 9.10. The summed E-state index contributed by atoms with van der Waals surface area (Å²) in [6.07, 6.45) is 2.53. The van der Waals surface area contributed by atoms with Gasteiger partial charge in [-0.05, 0) is 43.0 Å². The summed E-state index contributed by atoms with van der Waals surface area (Å²) in [7, 11) is 1.42. The molecule has 1 saturated carbocycles. The normalized spacial score (nSPS) is 16.6. The SMILES string of the molecule is COC(=O)C(NCC1CC1)c1ccc(Br)cc1. The first-order valence-electron chi connectivity index (χ1n) is 5.77. The van der Waals surface area contributed by atoms with E-state index in [0.717, 1.165) is 22.5 Å². The van der Waals surface area contributed by atoms with Crippen molar-refractivity contribution in [2.75, 3.05) is 13.7 Å². The number of benzene rings is 1. The van der Waals surface area contributed by atoms with Crippen LogP contribution < -0.4 is 5.32 Å². The Morgan fingerprint density at radius 1 is 1.47 bits per heavy atom. The summed E-state index contributed by atoms with van der Waals surface area (Å²) in [6.45, 7) is 0.885. The predicted molar refractivity (Wildman–Crippen MR) is 69.6 cm³/mol. The molecule has 92 valence electrons. The second-order valence-electron chi connectivity index (χ2n) is 4.36. The van der Waals surface area contributed by atoms with Gasteiger partial charge in [0.2, 0.25) is 0 Å². The van der Waals surface area contributed by atoms with Gasteiger partial charge in [0.05, 0.1) is 7.11 Å². The highest BCUT2D eigenvalue weighted by Gasteiger charge is 2.26. The molecular weight excluding hydrogens is 282 g/mol. The molecule has 0 amide bonds. The van der Waals surface area contributed by atoms with Crippen molar-refractivity contribution < 1.29 is 9.53 Å². The summed E-state index contributed by atoms with van der Waals surface area (Å²) in [5.74, 6) is 0.505. The molecule has 1 aliphatic rings. The zero-order valence-corrected chi connectivity index (χ0v) is 11.4. The average molecular weight is 298 g/mol. The maximum Gasteiger partial charge on any atom is 0.327 e. The summed E-state index contributed by atoms with van der Waals surface area (Å²) in [5.41, 5.74) is 0.945. The molecule has 0 spiro atoms. The van der Waals surface area contributed by atoms with Crippen LogP contribution in [0.3, 0.4) is 0 Å². The first kappa shape index (κ1) is 12.6. The molecule has 2 rings (SSSR count). The van der Waals surface area contributed by atoms with Gasteiger partial charge in [0.1, 0.15) is 6.04 Å². The lowest BCUT2D eigenvalue weighted by molar-refractivity contribution is -0.143. The van der Waals surface area contributed by atoms with Gasteiger partial charge in [-0.2, -0.15) is 0 Å². The van der Waals surface area contributed by atoms with Crippen LogP contribution in [0.4, 0.5) is 0 Å². The highest BCUT2D eigenvalue weighted by Crippen LogP contribution is 2.29. The Kier molecular flexibility index (Phi) is 4.18. The molecule has 1 aromatic carbocycles. The van der Waals surface area contributed by atoms with E-state index in [1.807, 2.05) is 24.3 Å². The molecule has 0 radical (unpaired) electrons. The van der Waals surface area contributed by atoms with Crippen molar-refractivity contribution in [2.45, 2.75) is 18.9 Å². The van der Waals surface area contributed by atoms with Gasteiger partial charge in [0.15, 0.2) is 0 Å². The average Bonchev–Trinajstić information content (AvgIpc) is 3.15. The number of esters is 1. The lowest BCUT2D eigenvalue weighted by Crippen LogP contribution is -2.31. The fourth-order valence-corrected chi connectivity index (χ4v) is 1.98. The Hall–Kier alpha value is -0.870. The van der Waals surface area contributed by atoms with E-state index in [-0.39, 0.29) is 12.0 Å². The number of nitrogens with one attached hydrogen (secondary N) is 1. The van der Waals surface area contributed by atoms with Gasteiger partial charge in [0.25, 0.3) is 0 Å². The van der Waals surface area contributed by atoms with Crippen LogP contribution in [0.5, 0.6) is 0 Å². The van der Waals surface area contributed by atoms with Crippen molar-refractivity contribution in [3.8, 4) is 0 Å². The molecule has 0 aromatic heterocycles. The van der Waals surface area contributed by atoms with Crippen LogP contribution in [0.1, 0.15) is 24.4 Å². The van der Waals surface area contributed by atoms with Gasteiger partial charge in [-0.3, -0.25) is 0 Å². The fraction of sp³-hybridized carbons (Fsp3) is 0.462. The van der Waals surface area contributed by atoms with Crippen molar-refractivity contribution in [3.63, 3.8) is 0 Å². The summed E-state index contributed by atoms with van der Waals surface area (Å²) < 4.78 is 5.84. The minimum Gasteiger partial charge on any atom is -0.468 e. The zero-order chi connectivity index (χ0) is 12.3. The monoisotopic (exact) mass is 297 g/mol. The minimum atomic E-state index is -0.353. The van der Waals surface area contributed by atoms with Crippen molar-refractivity contribution >= 4 is 21.9 Å². The number of halogens is 1. The van der Waals surface area contributed by atoms with Crippen LogP contribution in [-0.2, 0) is 9.53 Å². The van der Waals surface area contributed by atoms with E-state index in [2.05, 4.69) is 21.2 Å². The van der Waals surface area contributed by atoms with E-state index in [1.165, 1.54) is 20.0 Å². The van der Waals surface area contributed by atoms with Gasteiger partial charge >= 0.3 is 5.97 Å². The van der Waals surface area contributed by atoms with Crippen LogP contribution in [0.15, 0.2) is 28.7 Å². The molecule has 3 nitrogen and oxygen atoms in total. The highest BCUT2D eigenvalue weighted by atomic mass is 79.9. The van der Waals surface area contributed by atoms with Crippen molar-refractivity contribution in [3.05, 3.63) is 34.3 Å². The molecule has 1 fully saturated rings. The molecule has 1 unspecified atom stereocenters. The minimum absolute atomic E-state index is 0.229. The molecular formula is C13H16BrNO2. The molecule has 0 aliphatic heterocycles. The van der Waals surface area contributed by atoms with E-state index in [1.54, 1.807) is 0 Å². The number of hydrogen-bond donors (Lipinski definition) is 1. The second kappa shape index (κ2) is 5.65. The van der Waals surface area contributed by atoms with Crippen LogP contribution in [0.25, 0.3) is 0 Å². The lowest BCUT2D eigenvalue weighted by Gasteiger charge is -2.16. The number of rotatable bonds is 5. The molecule has 1 atom stereocenters. The van der Waals surface area contributed by atoms with Crippen LogP contribution in [-0.4, -0.2) is 19.6 Å². The number of ether oxygens (including phenoxy) is 1. The van der Waals surface area contributed by atoms with Gasteiger partial charge in [0, 0.05) is 4.47 Å². The van der Waals surface area contributed by atoms with Crippen molar-refractivity contribution in [2.24, 2.45) is 5.92 Å². The molecule has 0 heterocycles. The Labute approximate surface area is 110 Å². The number of carbonyl (C=O) groups excluding carboxylic acids is 1. The standard InChI is InChI=1S/C13H16BrNO2/c1-17-13(16)12(15-8-9-2-3-9)10-4-6-11(14)7-5-10/h4-7,9,12,15H,2-3,8H2,1H3. The third-order valence-electron chi connectivity index (χ3n) is 2.95. The van der Waals surface area contributed by atoms with Crippen molar-refractivity contribution in [1.82, 2.24) is 5.32 Å². The van der Waals surface area contributed by atoms with E-state index < -0.39 is 0 Å². The van der Waals surface area contributed by atoms with Crippen LogP contribution >= 0.6 is 15.9 Å². The second-order valence-corrected chi connectivity index (χ2v) is 5.28. The molecule has 0 saturated heterocycles. The topological polar surface area (TPSA) is 38.3 Å². The Morgan fingerprint density at radius 3 is 2.65 bits per heavy atom. The zero-order valence-electron chi connectivity index (χ0n) is 9.78.